The number of nitro groups is 1. The van der Waals surface area contributed by atoms with E-state index in [1.165, 1.54) is 18.2 Å². The lowest BCUT2D eigenvalue weighted by molar-refractivity contribution is -0.384. The molecular weight excluding hydrogens is 244 g/mol. The predicted octanol–water partition coefficient (Wildman–Crippen LogP) is 2.37. The van der Waals surface area contributed by atoms with Gasteiger partial charge in [-0.2, -0.15) is 0 Å². The van der Waals surface area contributed by atoms with Crippen molar-refractivity contribution in [3.8, 4) is 0 Å². The van der Waals surface area contributed by atoms with Gasteiger partial charge in [0.25, 0.3) is 5.69 Å². The fourth-order valence-electron chi connectivity index (χ4n) is 1.40. The molecule has 0 aliphatic heterocycles. The summed E-state index contributed by atoms with van der Waals surface area (Å²) in [5.74, 6) is 0. The first-order valence-electron chi connectivity index (χ1n) is 5.19. The minimum atomic E-state index is -0.432. The maximum absolute atomic E-state index is 10.6. The molecule has 0 amide bonds. The minimum Gasteiger partial charge on any atom is -0.383 e. The molecule has 1 rings (SSSR count). The molecule has 0 heterocycles. The van der Waals surface area contributed by atoms with Gasteiger partial charge in [-0.25, -0.2) is 0 Å². The van der Waals surface area contributed by atoms with Crippen molar-refractivity contribution >= 4 is 17.3 Å². The Morgan fingerprint density at radius 2 is 2.29 bits per heavy atom. The van der Waals surface area contributed by atoms with Crippen molar-refractivity contribution in [1.82, 2.24) is 5.32 Å². The average Bonchev–Trinajstić information content (AvgIpc) is 2.28. The fraction of sp³-hybridized carbons (Fsp3) is 0.455. The molecule has 1 aromatic carbocycles. The lowest BCUT2D eigenvalue weighted by atomic mass is 10.2. The van der Waals surface area contributed by atoms with Crippen molar-refractivity contribution in [1.29, 1.82) is 0 Å². The van der Waals surface area contributed by atoms with Crippen molar-refractivity contribution in [2.45, 2.75) is 19.5 Å². The highest BCUT2D eigenvalue weighted by Crippen LogP contribution is 2.21. The Hall–Kier alpha value is -1.17. The zero-order valence-electron chi connectivity index (χ0n) is 9.77. The van der Waals surface area contributed by atoms with Gasteiger partial charge in [0.05, 0.1) is 11.5 Å². The number of non-ortho nitro benzene ring substituents is 1. The summed E-state index contributed by atoms with van der Waals surface area (Å²) in [4.78, 5) is 10.2. The Morgan fingerprint density at radius 1 is 1.59 bits per heavy atom. The van der Waals surface area contributed by atoms with Gasteiger partial charge in [-0.1, -0.05) is 11.6 Å². The Kier molecular flexibility index (Phi) is 5.34. The molecular formula is C11H15ClN2O3. The summed E-state index contributed by atoms with van der Waals surface area (Å²) in [6, 6.07) is 4.58. The maximum Gasteiger partial charge on any atom is 0.269 e. The van der Waals surface area contributed by atoms with Crippen LogP contribution >= 0.6 is 11.6 Å². The van der Waals surface area contributed by atoms with Gasteiger partial charge in [-0.05, 0) is 18.6 Å². The van der Waals surface area contributed by atoms with Crippen LogP contribution in [0.3, 0.4) is 0 Å². The number of nitrogens with zero attached hydrogens (tertiary/aromatic N) is 1. The van der Waals surface area contributed by atoms with Crippen molar-refractivity contribution in [3.05, 3.63) is 38.9 Å². The number of ether oxygens (including phenoxy) is 1. The molecule has 0 saturated carbocycles. The van der Waals surface area contributed by atoms with Crippen LogP contribution in [0.4, 0.5) is 5.69 Å². The number of hydrogen-bond acceptors (Lipinski definition) is 4. The third-order valence-corrected chi connectivity index (χ3v) is 2.67. The van der Waals surface area contributed by atoms with Crippen LogP contribution in [0.5, 0.6) is 0 Å². The summed E-state index contributed by atoms with van der Waals surface area (Å²) < 4.78 is 4.98. The third kappa shape index (κ3) is 4.30. The molecule has 1 atom stereocenters. The second kappa shape index (κ2) is 6.54. The Balaban J connectivity index is 2.69. The van der Waals surface area contributed by atoms with Crippen LogP contribution in [0.15, 0.2) is 18.2 Å². The Labute approximate surface area is 105 Å². The highest BCUT2D eigenvalue weighted by molar-refractivity contribution is 6.31. The second-order valence-electron chi connectivity index (χ2n) is 3.77. The minimum absolute atomic E-state index is 0.0468. The van der Waals surface area contributed by atoms with Crippen LogP contribution in [-0.2, 0) is 11.3 Å². The molecule has 0 aliphatic carbocycles. The summed E-state index contributed by atoms with van der Waals surface area (Å²) in [6.07, 6.45) is 0. The predicted molar refractivity (Wildman–Crippen MR) is 66.3 cm³/mol. The monoisotopic (exact) mass is 258 g/mol. The van der Waals surface area contributed by atoms with Gasteiger partial charge < -0.3 is 10.1 Å². The number of methoxy groups -OCH3 is 1. The molecule has 94 valence electrons. The zero-order valence-corrected chi connectivity index (χ0v) is 10.5. The molecule has 0 saturated heterocycles. The first kappa shape index (κ1) is 13.9. The molecule has 0 spiro atoms. The van der Waals surface area contributed by atoms with E-state index in [1.807, 2.05) is 6.92 Å². The van der Waals surface area contributed by atoms with Gasteiger partial charge in [0.2, 0.25) is 0 Å². The number of nitro benzene ring substituents is 1. The topological polar surface area (TPSA) is 64.4 Å². The number of rotatable bonds is 6. The van der Waals surface area contributed by atoms with E-state index >= 15 is 0 Å². The van der Waals surface area contributed by atoms with Crippen molar-refractivity contribution in [2.75, 3.05) is 13.7 Å². The zero-order chi connectivity index (χ0) is 12.8. The van der Waals surface area contributed by atoms with E-state index in [0.29, 0.717) is 23.7 Å². The van der Waals surface area contributed by atoms with E-state index in [2.05, 4.69) is 5.32 Å². The molecule has 1 aromatic rings. The van der Waals surface area contributed by atoms with E-state index in [0.717, 1.165) is 0 Å². The quantitative estimate of drug-likeness (QED) is 0.628. The van der Waals surface area contributed by atoms with Gasteiger partial charge >= 0.3 is 0 Å². The molecule has 1 unspecified atom stereocenters. The maximum atomic E-state index is 10.6. The van der Waals surface area contributed by atoms with Crippen molar-refractivity contribution < 1.29 is 9.66 Å². The van der Waals surface area contributed by atoms with Gasteiger partial charge in [0.15, 0.2) is 0 Å². The van der Waals surface area contributed by atoms with Crippen LogP contribution in [0.2, 0.25) is 5.02 Å². The van der Waals surface area contributed by atoms with Gasteiger partial charge in [0, 0.05) is 36.9 Å². The Morgan fingerprint density at radius 3 is 2.88 bits per heavy atom. The van der Waals surface area contributed by atoms with Gasteiger partial charge in [0.1, 0.15) is 0 Å². The summed E-state index contributed by atoms with van der Waals surface area (Å²) in [5.41, 5.74) is 0.759. The van der Waals surface area contributed by atoms with Crippen molar-refractivity contribution in [2.24, 2.45) is 0 Å². The number of hydrogen-bond donors (Lipinski definition) is 1. The summed E-state index contributed by atoms with van der Waals surface area (Å²) in [7, 11) is 1.62. The van der Waals surface area contributed by atoms with Crippen LogP contribution in [0.25, 0.3) is 0 Å². The van der Waals surface area contributed by atoms with E-state index in [1.54, 1.807) is 7.11 Å². The molecule has 5 nitrogen and oxygen atoms in total. The van der Waals surface area contributed by atoms with Crippen LogP contribution in [0.1, 0.15) is 12.5 Å². The highest BCUT2D eigenvalue weighted by Gasteiger charge is 2.10. The standard InChI is InChI=1S/C11H15ClN2O3/c1-8(7-17-2)13-6-9-5-10(14(15)16)3-4-11(9)12/h3-5,8,13H,6-7H2,1-2H3. The van der Waals surface area contributed by atoms with Crippen LogP contribution in [0, 0.1) is 10.1 Å². The first-order chi connectivity index (χ1) is 8.04. The molecule has 0 aromatic heterocycles. The van der Waals surface area contributed by atoms with Crippen LogP contribution < -0.4 is 5.32 Å². The lowest BCUT2D eigenvalue weighted by Gasteiger charge is -2.13. The van der Waals surface area contributed by atoms with E-state index in [9.17, 15) is 10.1 Å². The van der Waals surface area contributed by atoms with E-state index in [4.69, 9.17) is 16.3 Å². The SMILES string of the molecule is COCC(C)NCc1cc([N+](=O)[O-])ccc1Cl. The molecule has 1 N–H and O–H groups in total. The smallest absolute Gasteiger partial charge is 0.269 e. The van der Waals surface area contributed by atoms with Crippen LogP contribution in [-0.4, -0.2) is 24.7 Å². The summed E-state index contributed by atoms with van der Waals surface area (Å²) >= 11 is 5.97. The fourth-order valence-corrected chi connectivity index (χ4v) is 1.59. The average molecular weight is 259 g/mol. The summed E-state index contributed by atoms with van der Waals surface area (Å²) in [5, 5.41) is 14.3. The number of nitrogens with one attached hydrogen (secondary N) is 1. The van der Waals surface area contributed by atoms with E-state index in [-0.39, 0.29) is 11.7 Å². The molecule has 0 aliphatic rings. The largest absolute Gasteiger partial charge is 0.383 e. The van der Waals surface area contributed by atoms with Crippen molar-refractivity contribution in [3.63, 3.8) is 0 Å². The van der Waals surface area contributed by atoms with Gasteiger partial charge in [-0.3, -0.25) is 10.1 Å². The molecule has 0 bridgehead atoms. The molecule has 0 radical (unpaired) electrons. The molecule has 0 fully saturated rings. The normalized spacial score (nSPS) is 12.4. The highest BCUT2D eigenvalue weighted by atomic mass is 35.5. The molecule has 6 heteroatoms. The van der Waals surface area contributed by atoms with Gasteiger partial charge in [-0.15, -0.1) is 0 Å². The third-order valence-electron chi connectivity index (χ3n) is 2.30. The second-order valence-corrected chi connectivity index (χ2v) is 4.18. The summed E-state index contributed by atoms with van der Waals surface area (Å²) in [6.45, 7) is 3.02. The van der Waals surface area contributed by atoms with E-state index < -0.39 is 4.92 Å². The number of benzene rings is 1. The first-order valence-corrected chi connectivity index (χ1v) is 5.57. The lowest BCUT2D eigenvalue weighted by Crippen LogP contribution is -2.29. The number of halogens is 1. The Bertz CT molecular complexity index is 398. The molecule has 17 heavy (non-hydrogen) atoms.